The molecule has 1 aliphatic rings. The highest BCUT2D eigenvalue weighted by Crippen LogP contribution is 2.30. The predicted octanol–water partition coefficient (Wildman–Crippen LogP) is 2.73. The topological polar surface area (TPSA) is 42.0 Å². The third-order valence-electron chi connectivity index (χ3n) is 2.83. The first-order chi connectivity index (χ1) is 7.47. The van der Waals surface area contributed by atoms with Gasteiger partial charge in [-0.2, -0.15) is 0 Å². The van der Waals surface area contributed by atoms with Crippen LogP contribution in [0.2, 0.25) is 0 Å². The Morgan fingerprint density at radius 3 is 2.69 bits per heavy atom. The smallest absolute Gasteiger partial charge is 0.228 e. The molecule has 16 heavy (non-hydrogen) atoms. The van der Waals surface area contributed by atoms with Crippen molar-refractivity contribution in [2.45, 2.75) is 39.0 Å². The third-order valence-corrected chi connectivity index (χ3v) is 2.83. The molecule has 0 bridgehead atoms. The van der Waals surface area contributed by atoms with E-state index in [4.69, 9.17) is 0 Å². The van der Waals surface area contributed by atoms with Gasteiger partial charge in [0.05, 0.1) is 0 Å². The number of aromatic nitrogens is 1. The van der Waals surface area contributed by atoms with E-state index in [-0.39, 0.29) is 17.2 Å². The Bertz CT molecular complexity index is 403. The van der Waals surface area contributed by atoms with Crippen LogP contribution >= 0.6 is 0 Å². The van der Waals surface area contributed by atoms with Crippen LogP contribution in [0.4, 0.5) is 5.82 Å². The fourth-order valence-electron chi connectivity index (χ4n) is 1.54. The number of hydrogen-bond donors (Lipinski definition) is 1. The molecule has 2 rings (SSSR count). The molecular formula is C13H18N2O. The van der Waals surface area contributed by atoms with Gasteiger partial charge in [-0.1, -0.05) is 20.8 Å². The quantitative estimate of drug-likeness (QED) is 0.829. The van der Waals surface area contributed by atoms with Gasteiger partial charge in [0.1, 0.15) is 5.82 Å². The third kappa shape index (κ3) is 2.60. The highest BCUT2D eigenvalue weighted by molar-refractivity contribution is 5.93. The molecule has 1 fully saturated rings. The number of carbonyl (C=O) groups is 1. The lowest BCUT2D eigenvalue weighted by Gasteiger charge is -2.19. The molecule has 0 radical (unpaired) electrons. The summed E-state index contributed by atoms with van der Waals surface area (Å²) in [4.78, 5) is 15.8. The highest BCUT2D eigenvalue weighted by atomic mass is 16.2. The first kappa shape index (κ1) is 11.1. The molecule has 1 N–H and O–H groups in total. The van der Waals surface area contributed by atoms with Crippen LogP contribution in [0, 0.1) is 5.92 Å². The Kier molecular flexibility index (Phi) is 2.70. The molecule has 0 aliphatic heterocycles. The number of amides is 1. The number of hydrogen-bond acceptors (Lipinski definition) is 2. The summed E-state index contributed by atoms with van der Waals surface area (Å²) in [7, 11) is 0. The summed E-state index contributed by atoms with van der Waals surface area (Å²) in [5, 5.41) is 2.87. The van der Waals surface area contributed by atoms with Crippen LogP contribution in [0.3, 0.4) is 0 Å². The summed E-state index contributed by atoms with van der Waals surface area (Å²) < 4.78 is 0. The summed E-state index contributed by atoms with van der Waals surface area (Å²) in [6, 6.07) is 3.95. The fourth-order valence-corrected chi connectivity index (χ4v) is 1.54. The van der Waals surface area contributed by atoms with E-state index in [0.717, 1.165) is 12.8 Å². The Hall–Kier alpha value is -1.38. The lowest BCUT2D eigenvalue weighted by Crippen LogP contribution is -2.16. The summed E-state index contributed by atoms with van der Waals surface area (Å²) in [6.07, 6.45) is 3.79. The van der Waals surface area contributed by atoms with Crippen LogP contribution in [0.5, 0.6) is 0 Å². The van der Waals surface area contributed by atoms with E-state index in [2.05, 4.69) is 31.1 Å². The van der Waals surface area contributed by atoms with Crippen LogP contribution in [0.15, 0.2) is 18.3 Å². The molecule has 1 saturated carbocycles. The number of nitrogens with one attached hydrogen (secondary N) is 1. The number of anilines is 1. The zero-order valence-corrected chi connectivity index (χ0v) is 10.1. The Balaban J connectivity index is 2.12. The second kappa shape index (κ2) is 3.89. The summed E-state index contributed by atoms with van der Waals surface area (Å²) in [5.74, 6) is 1.00. The van der Waals surface area contributed by atoms with E-state index < -0.39 is 0 Å². The molecule has 0 unspecified atom stereocenters. The second-order valence-electron chi connectivity index (χ2n) is 5.44. The van der Waals surface area contributed by atoms with E-state index in [1.807, 2.05) is 12.1 Å². The van der Waals surface area contributed by atoms with Gasteiger partial charge in [-0.25, -0.2) is 4.98 Å². The molecule has 1 aromatic heterocycles. The van der Waals surface area contributed by atoms with Crippen LogP contribution in [-0.2, 0) is 10.2 Å². The van der Waals surface area contributed by atoms with E-state index in [1.54, 1.807) is 6.20 Å². The van der Waals surface area contributed by atoms with Gasteiger partial charge in [-0.15, -0.1) is 0 Å². The average molecular weight is 218 g/mol. The molecule has 1 aliphatic carbocycles. The molecule has 0 saturated heterocycles. The van der Waals surface area contributed by atoms with E-state index in [1.165, 1.54) is 5.56 Å². The van der Waals surface area contributed by atoms with Gasteiger partial charge in [-0.05, 0) is 36.0 Å². The molecule has 0 aromatic carbocycles. The predicted molar refractivity (Wildman–Crippen MR) is 64.3 cm³/mol. The van der Waals surface area contributed by atoms with Gasteiger partial charge >= 0.3 is 0 Å². The van der Waals surface area contributed by atoms with Gasteiger partial charge in [0, 0.05) is 12.1 Å². The molecule has 3 heteroatoms. The lowest BCUT2D eigenvalue weighted by atomic mass is 9.88. The fraction of sp³-hybridized carbons (Fsp3) is 0.538. The van der Waals surface area contributed by atoms with Crippen molar-refractivity contribution in [3.63, 3.8) is 0 Å². The molecule has 86 valence electrons. The van der Waals surface area contributed by atoms with E-state index in [0.29, 0.717) is 5.82 Å². The number of carbonyl (C=O) groups excluding carboxylic acids is 1. The monoisotopic (exact) mass is 218 g/mol. The Morgan fingerprint density at radius 2 is 2.12 bits per heavy atom. The minimum absolute atomic E-state index is 0.0853. The van der Waals surface area contributed by atoms with Gasteiger partial charge in [0.2, 0.25) is 5.91 Å². The van der Waals surface area contributed by atoms with Crippen molar-refractivity contribution in [2.24, 2.45) is 5.92 Å². The maximum Gasteiger partial charge on any atom is 0.228 e. The van der Waals surface area contributed by atoms with Crippen molar-refractivity contribution < 1.29 is 4.79 Å². The Morgan fingerprint density at radius 1 is 1.44 bits per heavy atom. The van der Waals surface area contributed by atoms with E-state index >= 15 is 0 Å². The maximum absolute atomic E-state index is 11.6. The van der Waals surface area contributed by atoms with Gasteiger partial charge in [-0.3, -0.25) is 4.79 Å². The molecule has 0 atom stereocenters. The maximum atomic E-state index is 11.6. The number of pyridine rings is 1. The summed E-state index contributed by atoms with van der Waals surface area (Å²) in [5.41, 5.74) is 1.27. The van der Waals surface area contributed by atoms with Crippen molar-refractivity contribution in [1.82, 2.24) is 4.98 Å². The molecule has 0 spiro atoms. The normalized spacial score (nSPS) is 15.9. The average Bonchev–Trinajstić information content (AvgIpc) is 2.99. The van der Waals surface area contributed by atoms with Crippen LogP contribution in [0.1, 0.15) is 39.2 Å². The molecule has 3 nitrogen and oxygen atoms in total. The molecule has 1 aromatic rings. The highest BCUT2D eigenvalue weighted by Gasteiger charge is 2.29. The first-order valence-electron chi connectivity index (χ1n) is 5.74. The van der Waals surface area contributed by atoms with Crippen molar-refractivity contribution in [1.29, 1.82) is 0 Å². The van der Waals surface area contributed by atoms with Crippen molar-refractivity contribution in [2.75, 3.05) is 5.32 Å². The van der Waals surface area contributed by atoms with Gasteiger partial charge in [0.15, 0.2) is 0 Å². The molecular weight excluding hydrogens is 200 g/mol. The minimum Gasteiger partial charge on any atom is -0.310 e. The summed E-state index contributed by atoms with van der Waals surface area (Å²) in [6.45, 7) is 6.44. The lowest BCUT2D eigenvalue weighted by molar-refractivity contribution is -0.117. The second-order valence-corrected chi connectivity index (χ2v) is 5.44. The molecule has 1 amide bonds. The van der Waals surface area contributed by atoms with Crippen molar-refractivity contribution in [3.8, 4) is 0 Å². The van der Waals surface area contributed by atoms with Crippen molar-refractivity contribution in [3.05, 3.63) is 23.9 Å². The number of rotatable bonds is 2. The van der Waals surface area contributed by atoms with Gasteiger partial charge < -0.3 is 5.32 Å². The minimum atomic E-state index is 0.0853. The first-order valence-corrected chi connectivity index (χ1v) is 5.74. The van der Waals surface area contributed by atoms with Crippen LogP contribution in [0.25, 0.3) is 0 Å². The number of nitrogens with zero attached hydrogens (tertiary/aromatic N) is 1. The summed E-state index contributed by atoms with van der Waals surface area (Å²) >= 11 is 0. The van der Waals surface area contributed by atoms with Gasteiger partial charge in [0.25, 0.3) is 0 Å². The van der Waals surface area contributed by atoms with E-state index in [9.17, 15) is 4.79 Å². The Labute approximate surface area is 96.3 Å². The standard InChI is InChI=1S/C13H18N2O/c1-13(2,3)10-6-7-14-11(8-10)15-12(16)9-4-5-9/h6-9H,4-5H2,1-3H3,(H,14,15,16). The van der Waals surface area contributed by atoms with Crippen LogP contribution in [-0.4, -0.2) is 10.9 Å². The molecule has 1 heterocycles. The van der Waals surface area contributed by atoms with Crippen LogP contribution < -0.4 is 5.32 Å². The zero-order valence-electron chi connectivity index (χ0n) is 10.1. The largest absolute Gasteiger partial charge is 0.310 e. The zero-order chi connectivity index (χ0) is 11.8. The SMILES string of the molecule is CC(C)(C)c1ccnc(NC(=O)C2CC2)c1. The van der Waals surface area contributed by atoms with Crippen molar-refractivity contribution >= 4 is 11.7 Å².